The van der Waals surface area contributed by atoms with E-state index in [1.165, 1.54) is 17.7 Å². The second-order valence-electron chi connectivity index (χ2n) is 3.57. The van der Waals surface area contributed by atoms with Gasteiger partial charge in [-0.15, -0.1) is 0 Å². The summed E-state index contributed by atoms with van der Waals surface area (Å²) < 4.78 is 2.43. The number of anilines is 1. The molecule has 0 unspecified atom stereocenters. The molecule has 0 N–H and O–H groups in total. The monoisotopic (exact) mass is 222 g/mol. The SMILES string of the molecule is CN(CCC#N)c1cc(=O)n(C)c(=O)n1C. The number of hydrogen-bond acceptors (Lipinski definition) is 4. The highest BCUT2D eigenvalue weighted by molar-refractivity contribution is 5.37. The van der Waals surface area contributed by atoms with E-state index in [0.717, 1.165) is 4.57 Å². The number of nitrogens with zero attached hydrogens (tertiary/aromatic N) is 4. The Bertz CT molecular complexity index is 535. The van der Waals surface area contributed by atoms with Crippen molar-refractivity contribution in [2.45, 2.75) is 6.42 Å². The number of aromatic nitrogens is 2. The Morgan fingerprint density at radius 3 is 2.56 bits per heavy atom. The van der Waals surface area contributed by atoms with Crippen molar-refractivity contribution in [1.82, 2.24) is 9.13 Å². The van der Waals surface area contributed by atoms with E-state index in [2.05, 4.69) is 0 Å². The third-order valence-electron chi connectivity index (χ3n) is 2.45. The molecule has 0 bridgehead atoms. The van der Waals surface area contributed by atoms with Crippen LogP contribution >= 0.6 is 0 Å². The van der Waals surface area contributed by atoms with Crippen LogP contribution in [-0.4, -0.2) is 22.7 Å². The molecule has 0 atom stereocenters. The van der Waals surface area contributed by atoms with Gasteiger partial charge in [-0.25, -0.2) is 4.79 Å². The third-order valence-corrected chi connectivity index (χ3v) is 2.45. The molecule has 0 aromatic carbocycles. The molecule has 0 aliphatic rings. The normalized spacial score (nSPS) is 9.88. The first kappa shape index (κ1) is 12.0. The van der Waals surface area contributed by atoms with Crippen molar-refractivity contribution in [2.75, 3.05) is 18.5 Å². The molecule has 6 nitrogen and oxygen atoms in total. The van der Waals surface area contributed by atoms with Gasteiger partial charge in [0.05, 0.1) is 12.5 Å². The zero-order valence-corrected chi connectivity index (χ0v) is 9.60. The van der Waals surface area contributed by atoms with E-state index in [1.807, 2.05) is 6.07 Å². The molecule has 6 heteroatoms. The second-order valence-corrected chi connectivity index (χ2v) is 3.57. The Morgan fingerprint density at radius 1 is 1.38 bits per heavy atom. The van der Waals surface area contributed by atoms with Gasteiger partial charge < -0.3 is 4.90 Å². The maximum atomic E-state index is 11.6. The van der Waals surface area contributed by atoms with E-state index in [-0.39, 0.29) is 11.2 Å². The Hall–Kier alpha value is -2.03. The summed E-state index contributed by atoms with van der Waals surface area (Å²) in [6.07, 6.45) is 0.347. The standard InChI is InChI=1S/C10H14N4O2/c1-12(6-4-5-11)8-7-9(15)14(3)10(16)13(8)2/h7H,4,6H2,1-3H3. The smallest absolute Gasteiger partial charge is 0.332 e. The molecular weight excluding hydrogens is 208 g/mol. The first-order chi connectivity index (χ1) is 7.49. The van der Waals surface area contributed by atoms with Gasteiger partial charge in [-0.05, 0) is 0 Å². The van der Waals surface area contributed by atoms with Gasteiger partial charge in [0, 0.05) is 33.8 Å². The predicted molar refractivity (Wildman–Crippen MR) is 60.4 cm³/mol. The highest BCUT2D eigenvalue weighted by Crippen LogP contribution is 2.05. The molecule has 0 amide bonds. The minimum absolute atomic E-state index is 0.345. The van der Waals surface area contributed by atoms with E-state index < -0.39 is 0 Å². The van der Waals surface area contributed by atoms with E-state index in [9.17, 15) is 9.59 Å². The summed E-state index contributed by atoms with van der Waals surface area (Å²) in [6, 6.07) is 3.40. The van der Waals surface area contributed by atoms with Crippen LogP contribution in [0.1, 0.15) is 6.42 Å². The largest absolute Gasteiger partial charge is 0.360 e. The van der Waals surface area contributed by atoms with Crippen molar-refractivity contribution in [1.29, 1.82) is 5.26 Å². The van der Waals surface area contributed by atoms with E-state index in [4.69, 9.17) is 5.26 Å². The van der Waals surface area contributed by atoms with Crippen LogP contribution in [0.3, 0.4) is 0 Å². The van der Waals surface area contributed by atoms with Crippen molar-refractivity contribution in [3.05, 3.63) is 26.9 Å². The maximum Gasteiger partial charge on any atom is 0.332 e. The molecule has 16 heavy (non-hydrogen) atoms. The molecule has 0 radical (unpaired) electrons. The summed E-state index contributed by atoms with van der Waals surface area (Å²) in [6.45, 7) is 0.483. The van der Waals surface area contributed by atoms with Crippen molar-refractivity contribution in [2.24, 2.45) is 14.1 Å². The van der Waals surface area contributed by atoms with Gasteiger partial charge in [-0.3, -0.25) is 13.9 Å². The van der Waals surface area contributed by atoms with Gasteiger partial charge >= 0.3 is 5.69 Å². The van der Waals surface area contributed by atoms with Crippen molar-refractivity contribution < 1.29 is 0 Å². The van der Waals surface area contributed by atoms with Gasteiger partial charge in [0.2, 0.25) is 0 Å². The molecule has 0 saturated carbocycles. The molecule has 86 valence electrons. The van der Waals surface area contributed by atoms with Crippen LogP contribution in [0.2, 0.25) is 0 Å². The fraction of sp³-hybridized carbons (Fsp3) is 0.500. The van der Waals surface area contributed by atoms with Gasteiger partial charge in [-0.1, -0.05) is 0 Å². The van der Waals surface area contributed by atoms with Gasteiger partial charge in [0.1, 0.15) is 5.82 Å². The first-order valence-electron chi connectivity index (χ1n) is 4.84. The number of hydrogen-bond donors (Lipinski definition) is 0. The van der Waals surface area contributed by atoms with Gasteiger partial charge in [-0.2, -0.15) is 5.26 Å². The molecule has 0 fully saturated rings. The van der Waals surface area contributed by atoms with Crippen LogP contribution in [0, 0.1) is 11.3 Å². The van der Waals surface area contributed by atoms with Crippen LogP contribution in [0.5, 0.6) is 0 Å². The van der Waals surface area contributed by atoms with E-state index >= 15 is 0 Å². The Morgan fingerprint density at radius 2 is 2.00 bits per heavy atom. The first-order valence-corrected chi connectivity index (χ1v) is 4.84. The number of rotatable bonds is 3. The fourth-order valence-corrected chi connectivity index (χ4v) is 1.42. The number of nitriles is 1. The molecule has 1 aromatic heterocycles. The van der Waals surface area contributed by atoms with Crippen molar-refractivity contribution >= 4 is 5.82 Å². The Kier molecular flexibility index (Phi) is 3.51. The molecule has 0 saturated heterocycles. The third kappa shape index (κ3) is 2.14. The lowest BCUT2D eigenvalue weighted by Gasteiger charge is -2.20. The fourth-order valence-electron chi connectivity index (χ4n) is 1.42. The predicted octanol–water partition coefficient (Wildman–Crippen LogP) is -0.566. The maximum absolute atomic E-state index is 11.6. The topological polar surface area (TPSA) is 71.0 Å². The average molecular weight is 222 g/mol. The molecule has 1 rings (SSSR count). The molecule has 0 aliphatic carbocycles. The van der Waals surface area contributed by atoms with E-state index in [0.29, 0.717) is 18.8 Å². The average Bonchev–Trinajstić information content (AvgIpc) is 2.28. The highest BCUT2D eigenvalue weighted by Gasteiger charge is 2.09. The summed E-state index contributed by atoms with van der Waals surface area (Å²) in [5.41, 5.74) is -0.715. The van der Waals surface area contributed by atoms with Gasteiger partial charge in [0.15, 0.2) is 0 Å². The molecular formula is C10H14N4O2. The van der Waals surface area contributed by atoms with Crippen molar-refractivity contribution in [3.8, 4) is 6.07 Å². The zero-order chi connectivity index (χ0) is 12.3. The van der Waals surface area contributed by atoms with E-state index in [1.54, 1.807) is 19.0 Å². The molecule has 0 spiro atoms. The molecule has 1 heterocycles. The lowest BCUT2D eigenvalue weighted by atomic mass is 10.4. The van der Waals surface area contributed by atoms with Crippen LogP contribution in [0.4, 0.5) is 5.82 Å². The molecule has 1 aromatic rings. The summed E-state index contributed by atoms with van der Waals surface area (Å²) in [7, 11) is 4.77. The van der Waals surface area contributed by atoms with Crippen LogP contribution in [-0.2, 0) is 14.1 Å². The summed E-state index contributed by atoms with van der Waals surface area (Å²) in [4.78, 5) is 24.8. The Labute approximate surface area is 93.0 Å². The summed E-state index contributed by atoms with van der Waals surface area (Å²) in [5, 5.41) is 8.47. The molecule has 0 aliphatic heterocycles. The minimum atomic E-state index is -0.369. The quantitative estimate of drug-likeness (QED) is 0.687. The lowest BCUT2D eigenvalue weighted by Crippen LogP contribution is -2.39. The zero-order valence-electron chi connectivity index (χ0n) is 9.60. The second kappa shape index (κ2) is 4.66. The van der Waals surface area contributed by atoms with Gasteiger partial charge in [0.25, 0.3) is 5.56 Å². The summed E-state index contributed by atoms with van der Waals surface area (Å²) >= 11 is 0. The van der Waals surface area contributed by atoms with Crippen LogP contribution in [0.25, 0.3) is 0 Å². The lowest BCUT2D eigenvalue weighted by molar-refractivity contribution is 0.671. The van der Waals surface area contributed by atoms with Crippen LogP contribution in [0.15, 0.2) is 15.7 Å². The van der Waals surface area contributed by atoms with Crippen molar-refractivity contribution in [3.63, 3.8) is 0 Å². The Balaban J connectivity index is 3.21. The minimum Gasteiger partial charge on any atom is -0.360 e. The highest BCUT2D eigenvalue weighted by atomic mass is 16.2. The van der Waals surface area contributed by atoms with Crippen LogP contribution < -0.4 is 16.1 Å². The summed E-state index contributed by atoms with van der Waals surface area (Å²) in [5.74, 6) is 0.517.